The molecule has 0 aromatic heterocycles. The topological polar surface area (TPSA) is 38.7 Å². The van der Waals surface area contributed by atoms with Gasteiger partial charge in [0.15, 0.2) is 6.10 Å². The SMILES string of the molecule is COc1ccc([C@@H](O)C(F)(F)F)c(OC)c1Br. The maximum absolute atomic E-state index is 12.4. The van der Waals surface area contributed by atoms with E-state index in [9.17, 15) is 18.3 Å². The fourth-order valence-electron chi connectivity index (χ4n) is 1.31. The van der Waals surface area contributed by atoms with Gasteiger partial charge in [-0.2, -0.15) is 13.2 Å². The van der Waals surface area contributed by atoms with Crippen LogP contribution in [0.3, 0.4) is 0 Å². The molecule has 0 radical (unpaired) electrons. The lowest BCUT2D eigenvalue weighted by Gasteiger charge is -2.19. The first-order chi connectivity index (χ1) is 7.82. The van der Waals surface area contributed by atoms with Crippen molar-refractivity contribution in [2.75, 3.05) is 14.2 Å². The van der Waals surface area contributed by atoms with Crippen molar-refractivity contribution in [2.24, 2.45) is 0 Å². The number of methoxy groups -OCH3 is 2. The molecule has 96 valence electrons. The van der Waals surface area contributed by atoms with Crippen LogP contribution in [0.4, 0.5) is 13.2 Å². The third-order valence-electron chi connectivity index (χ3n) is 2.12. The van der Waals surface area contributed by atoms with E-state index >= 15 is 0 Å². The van der Waals surface area contributed by atoms with E-state index in [-0.39, 0.29) is 15.8 Å². The third kappa shape index (κ3) is 2.84. The van der Waals surface area contributed by atoms with Crippen molar-refractivity contribution >= 4 is 15.9 Å². The lowest BCUT2D eigenvalue weighted by atomic mass is 10.1. The zero-order valence-corrected chi connectivity index (χ0v) is 10.6. The molecule has 0 fully saturated rings. The van der Waals surface area contributed by atoms with Gasteiger partial charge in [0.1, 0.15) is 16.0 Å². The highest BCUT2D eigenvalue weighted by atomic mass is 79.9. The summed E-state index contributed by atoms with van der Waals surface area (Å²) < 4.78 is 47.2. The average molecular weight is 315 g/mol. The van der Waals surface area contributed by atoms with Gasteiger partial charge < -0.3 is 14.6 Å². The molecular weight excluding hydrogens is 305 g/mol. The zero-order valence-electron chi connectivity index (χ0n) is 9.01. The lowest BCUT2D eigenvalue weighted by molar-refractivity contribution is -0.207. The van der Waals surface area contributed by atoms with Gasteiger partial charge in [-0.1, -0.05) is 0 Å². The summed E-state index contributed by atoms with van der Waals surface area (Å²) in [6.45, 7) is 0. The molecule has 0 spiro atoms. The van der Waals surface area contributed by atoms with E-state index in [0.717, 1.165) is 6.07 Å². The summed E-state index contributed by atoms with van der Waals surface area (Å²) in [5.74, 6) is 0.217. The third-order valence-corrected chi connectivity index (χ3v) is 2.87. The van der Waals surface area contributed by atoms with E-state index in [0.29, 0.717) is 5.75 Å². The van der Waals surface area contributed by atoms with Crippen LogP contribution in [0, 0.1) is 0 Å². The van der Waals surface area contributed by atoms with E-state index < -0.39 is 12.3 Å². The number of ether oxygens (including phenoxy) is 2. The first kappa shape index (κ1) is 14.1. The van der Waals surface area contributed by atoms with Gasteiger partial charge >= 0.3 is 6.18 Å². The van der Waals surface area contributed by atoms with Crippen LogP contribution in [-0.4, -0.2) is 25.5 Å². The second-order valence-corrected chi connectivity index (χ2v) is 3.94. The lowest BCUT2D eigenvalue weighted by Crippen LogP contribution is -2.21. The minimum atomic E-state index is -4.75. The number of rotatable bonds is 3. The van der Waals surface area contributed by atoms with Crippen LogP contribution in [0.1, 0.15) is 11.7 Å². The standard InChI is InChI=1S/C10H10BrF3O3/c1-16-6-4-3-5(8(17-2)7(6)11)9(15)10(12,13)14/h3-4,9,15H,1-2H3/t9-/m1/s1. The van der Waals surface area contributed by atoms with Crippen LogP contribution in [-0.2, 0) is 0 Å². The Morgan fingerprint density at radius 1 is 1.24 bits per heavy atom. The van der Waals surface area contributed by atoms with Crippen molar-refractivity contribution in [3.8, 4) is 11.5 Å². The fourth-order valence-corrected chi connectivity index (χ4v) is 1.99. The molecule has 1 rings (SSSR count). The normalized spacial score (nSPS) is 13.4. The van der Waals surface area contributed by atoms with Crippen molar-refractivity contribution < 1.29 is 27.8 Å². The molecule has 1 aromatic rings. The largest absolute Gasteiger partial charge is 0.495 e. The first-order valence-electron chi connectivity index (χ1n) is 4.48. The molecule has 0 saturated carbocycles. The van der Waals surface area contributed by atoms with Gasteiger partial charge in [-0.3, -0.25) is 0 Å². The van der Waals surface area contributed by atoms with Gasteiger partial charge in [-0.15, -0.1) is 0 Å². The number of halogens is 4. The number of benzene rings is 1. The van der Waals surface area contributed by atoms with Gasteiger partial charge in [-0.05, 0) is 28.1 Å². The summed E-state index contributed by atoms with van der Waals surface area (Å²) in [7, 11) is 2.59. The molecule has 0 heterocycles. The first-order valence-corrected chi connectivity index (χ1v) is 5.27. The molecule has 17 heavy (non-hydrogen) atoms. The Bertz CT molecular complexity index is 407. The molecule has 0 unspecified atom stereocenters. The summed E-state index contributed by atoms with van der Waals surface area (Å²) in [5.41, 5.74) is -0.368. The number of aliphatic hydroxyl groups excluding tert-OH is 1. The highest BCUT2D eigenvalue weighted by Crippen LogP contribution is 2.43. The molecule has 0 aliphatic rings. The average Bonchev–Trinajstić information content (AvgIpc) is 2.26. The number of alkyl halides is 3. The number of hydrogen-bond donors (Lipinski definition) is 1. The van der Waals surface area contributed by atoms with E-state index in [4.69, 9.17) is 9.47 Å². The van der Waals surface area contributed by atoms with Crippen molar-refractivity contribution in [2.45, 2.75) is 12.3 Å². The van der Waals surface area contributed by atoms with E-state index in [2.05, 4.69) is 15.9 Å². The van der Waals surface area contributed by atoms with Gasteiger partial charge in [0.2, 0.25) is 0 Å². The van der Waals surface area contributed by atoms with Crippen molar-refractivity contribution in [1.29, 1.82) is 0 Å². The molecule has 0 bridgehead atoms. The van der Waals surface area contributed by atoms with Gasteiger partial charge in [0.05, 0.1) is 14.2 Å². The monoisotopic (exact) mass is 314 g/mol. The van der Waals surface area contributed by atoms with Crippen molar-refractivity contribution in [3.63, 3.8) is 0 Å². The quantitative estimate of drug-likeness (QED) is 0.932. The molecule has 7 heteroatoms. The predicted molar refractivity (Wildman–Crippen MR) is 58.3 cm³/mol. The molecule has 0 amide bonds. The Hall–Kier alpha value is -0.950. The molecule has 0 aliphatic carbocycles. The molecule has 0 aliphatic heterocycles. The van der Waals surface area contributed by atoms with Crippen LogP contribution in [0.25, 0.3) is 0 Å². The molecule has 1 atom stereocenters. The Morgan fingerprint density at radius 3 is 2.24 bits per heavy atom. The van der Waals surface area contributed by atoms with Gasteiger partial charge in [0.25, 0.3) is 0 Å². The molecule has 1 aromatic carbocycles. The minimum absolute atomic E-state index is 0.103. The number of hydrogen-bond acceptors (Lipinski definition) is 3. The fraction of sp³-hybridized carbons (Fsp3) is 0.400. The Morgan fingerprint density at radius 2 is 1.82 bits per heavy atom. The molecule has 1 N–H and O–H groups in total. The van der Waals surface area contributed by atoms with Crippen LogP contribution < -0.4 is 9.47 Å². The summed E-state index contributed by atoms with van der Waals surface area (Å²) in [5, 5.41) is 9.19. The van der Waals surface area contributed by atoms with Gasteiger partial charge in [0, 0.05) is 5.56 Å². The minimum Gasteiger partial charge on any atom is -0.495 e. The molecule has 3 nitrogen and oxygen atoms in total. The maximum Gasteiger partial charge on any atom is 0.418 e. The maximum atomic E-state index is 12.4. The Balaban J connectivity index is 3.31. The van der Waals surface area contributed by atoms with Crippen LogP contribution in [0.5, 0.6) is 11.5 Å². The summed E-state index contributed by atoms with van der Waals surface area (Å²) in [6.07, 6.45) is -7.35. The van der Waals surface area contributed by atoms with Crippen LogP contribution >= 0.6 is 15.9 Å². The van der Waals surface area contributed by atoms with Crippen molar-refractivity contribution in [1.82, 2.24) is 0 Å². The highest BCUT2D eigenvalue weighted by molar-refractivity contribution is 9.10. The molecular formula is C10H10BrF3O3. The Labute approximate surface area is 104 Å². The zero-order chi connectivity index (χ0) is 13.2. The van der Waals surface area contributed by atoms with Gasteiger partial charge in [-0.25, -0.2) is 0 Å². The van der Waals surface area contributed by atoms with Crippen LogP contribution in [0.2, 0.25) is 0 Å². The highest BCUT2D eigenvalue weighted by Gasteiger charge is 2.41. The smallest absolute Gasteiger partial charge is 0.418 e. The predicted octanol–water partition coefficient (Wildman–Crippen LogP) is 3.06. The number of aliphatic hydroxyl groups is 1. The summed E-state index contributed by atoms with van der Waals surface area (Å²) in [4.78, 5) is 0. The summed E-state index contributed by atoms with van der Waals surface area (Å²) >= 11 is 3.06. The van der Waals surface area contributed by atoms with E-state index in [1.165, 1.54) is 20.3 Å². The van der Waals surface area contributed by atoms with E-state index in [1.54, 1.807) is 0 Å². The van der Waals surface area contributed by atoms with E-state index in [1.807, 2.05) is 0 Å². The second-order valence-electron chi connectivity index (χ2n) is 3.15. The summed E-state index contributed by atoms with van der Waals surface area (Å²) in [6, 6.07) is 2.43. The van der Waals surface area contributed by atoms with Crippen molar-refractivity contribution in [3.05, 3.63) is 22.2 Å². The second kappa shape index (κ2) is 5.14. The Kier molecular flexibility index (Phi) is 4.26. The molecule has 0 saturated heterocycles. The van der Waals surface area contributed by atoms with Crippen LogP contribution in [0.15, 0.2) is 16.6 Å².